The minimum Gasteiger partial charge on any atom is -0.497 e. The van der Waals surface area contributed by atoms with Gasteiger partial charge in [0.1, 0.15) is 5.75 Å². The maximum atomic E-state index is 11.8. The predicted molar refractivity (Wildman–Crippen MR) is 94.5 cm³/mol. The van der Waals surface area contributed by atoms with E-state index in [2.05, 4.69) is 26.0 Å². The van der Waals surface area contributed by atoms with Crippen LogP contribution in [0.5, 0.6) is 5.75 Å². The van der Waals surface area contributed by atoms with Crippen LogP contribution in [0.25, 0.3) is 6.08 Å². The van der Waals surface area contributed by atoms with Crippen LogP contribution in [0.3, 0.4) is 0 Å². The first kappa shape index (κ1) is 17.5. The predicted octanol–water partition coefficient (Wildman–Crippen LogP) is 1.62. The maximum absolute atomic E-state index is 11.8. The number of methoxy groups -OCH3 is 1. The number of anilines is 1. The Morgan fingerprint density at radius 3 is 2.79 bits per heavy atom. The van der Waals surface area contributed by atoms with Crippen LogP contribution in [-0.2, 0) is 11.3 Å². The molecule has 2 N–H and O–H groups in total. The molecule has 8 nitrogen and oxygen atoms in total. The van der Waals surface area contributed by atoms with E-state index in [0.29, 0.717) is 6.54 Å². The summed E-state index contributed by atoms with van der Waals surface area (Å²) >= 11 is 5.04. The molecule has 0 aliphatic rings. The first-order valence-corrected chi connectivity index (χ1v) is 7.73. The number of amides is 1. The summed E-state index contributed by atoms with van der Waals surface area (Å²) in [6.07, 6.45) is 3.96. The van der Waals surface area contributed by atoms with Gasteiger partial charge in [-0.05, 0) is 47.6 Å². The van der Waals surface area contributed by atoms with Crippen molar-refractivity contribution in [2.45, 2.75) is 19.9 Å². The van der Waals surface area contributed by atoms with Gasteiger partial charge in [0, 0.05) is 6.08 Å². The number of hydrogen-bond acceptors (Lipinski definition) is 6. The lowest BCUT2D eigenvalue weighted by molar-refractivity contribution is -0.115. The molecule has 1 aromatic heterocycles. The topological polar surface area (TPSA) is 94.0 Å². The molecule has 126 valence electrons. The molecule has 0 aliphatic heterocycles. The molecule has 0 radical (unpaired) electrons. The third kappa shape index (κ3) is 5.43. The van der Waals surface area contributed by atoms with Gasteiger partial charge in [-0.15, -0.1) is 5.10 Å². The number of aromatic nitrogens is 4. The van der Waals surface area contributed by atoms with Gasteiger partial charge in [-0.1, -0.05) is 24.2 Å². The van der Waals surface area contributed by atoms with E-state index in [-0.39, 0.29) is 17.0 Å². The van der Waals surface area contributed by atoms with Crippen molar-refractivity contribution in [1.82, 2.24) is 25.5 Å². The molecule has 24 heavy (non-hydrogen) atoms. The highest BCUT2D eigenvalue weighted by Crippen LogP contribution is 2.12. The van der Waals surface area contributed by atoms with Crippen molar-refractivity contribution >= 4 is 35.3 Å². The van der Waals surface area contributed by atoms with Gasteiger partial charge < -0.3 is 4.74 Å². The number of aryl methyl sites for hydroxylation is 1. The number of nitrogens with one attached hydrogen (secondary N) is 2. The summed E-state index contributed by atoms with van der Waals surface area (Å²) < 4.78 is 5.07. The largest absolute Gasteiger partial charge is 0.497 e. The molecule has 1 aromatic carbocycles. The second-order valence-electron chi connectivity index (χ2n) is 4.76. The van der Waals surface area contributed by atoms with Crippen LogP contribution in [0, 0.1) is 0 Å². The van der Waals surface area contributed by atoms with Crippen molar-refractivity contribution in [3.8, 4) is 5.75 Å². The number of carbonyl (C=O) groups is 1. The Balaban J connectivity index is 1.83. The van der Waals surface area contributed by atoms with Crippen LogP contribution in [0.2, 0.25) is 0 Å². The zero-order valence-corrected chi connectivity index (χ0v) is 14.2. The summed E-state index contributed by atoms with van der Waals surface area (Å²) in [7, 11) is 1.60. The SMILES string of the molecule is CCCn1nnc(NC(=S)NC(=O)/C=C/c2ccc(OC)cc2)n1. The van der Waals surface area contributed by atoms with E-state index in [1.165, 1.54) is 10.9 Å². The van der Waals surface area contributed by atoms with Crippen molar-refractivity contribution in [3.05, 3.63) is 35.9 Å². The summed E-state index contributed by atoms with van der Waals surface area (Å²) in [6.45, 7) is 2.68. The molecule has 1 heterocycles. The van der Waals surface area contributed by atoms with Gasteiger partial charge in [0.15, 0.2) is 5.11 Å². The normalized spacial score (nSPS) is 10.6. The van der Waals surface area contributed by atoms with E-state index in [4.69, 9.17) is 17.0 Å². The molecule has 0 spiro atoms. The lowest BCUT2D eigenvalue weighted by atomic mass is 10.2. The Morgan fingerprint density at radius 1 is 1.38 bits per heavy atom. The first-order valence-electron chi connectivity index (χ1n) is 7.32. The molecule has 0 saturated heterocycles. The molecule has 0 fully saturated rings. The Labute approximate surface area is 144 Å². The second-order valence-corrected chi connectivity index (χ2v) is 5.17. The van der Waals surface area contributed by atoms with Crippen molar-refractivity contribution in [1.29, 1.82) is 0 Å². The molecule has 0 aliphatic carbocycles. The molecule has 0 bridgehead atoms. The summed E-state index contributed by atoms with van der Waals surface area (Å²) in [5, 5.41) is 17.0. The number of carbonyl (C=O) groups excluding carboxylic acids is 1. The Bertz CT molecular complexity index is 726. The Morgan fingerprint density at radius 2 is 2.12 bits per heavy atom. The number of hydrogen-bond donors (Lipinski definition) is 2. The molecule has 0 unspecified atom stereocenters. The summed E-state index contributed by atoms with van der Waals surface area (Å²) in [6, 6.07) is 7.31. The molecule has 9 heteroatoms. The van der Waals surface area contributed by atoms with Crippen molar-refractivity contribution in [2.24, 2.45) is 0 Å². The fourth-order valence-electron chi connectivity index (χ4n) is 1.76. The van der Waals surface area contributed by atoms with Gasteiger partial charge in [0.25, 0.3) is 5.95 Å². The molecule has 0 atom stereocenters. The Kier molecular flexibility index (Phi) is 6.38. The standard InChI is InChI=1S/C15H18N6O2S/c1-3-10-21-19-14(18-20-21)17-15(24)16-13(22)9-6-11-4-7-12(23-2)8-5-11/h4-9H,3,10H2,1-2H3,(H2,16,17,19,22,24)/b9-6+. The summed E-state index contributed by atoms with van der Waals surface area (Å²) in [4.78, 5) is 13.3. The van der Waals surface area contributed by atoms with Crippen molar-refractivity contribution in [2.75, 3.05) is 12.4 Å². The monoisotopic (exact) mass is 346 g/mol. The molecular formula is C15H18N6O2S. The second kappa shape index (κ2) is 8.73. The maximum Gasteiger partial charge on any atom is 0.269 e. The first-order chi connectivity index (χ1) is 11.6. The van der Waals surface area contributed by atoms with Crippen LogP contribution in [0.1, 0.15) is 18.9 Å². The highest BCUT2D eigenvalue weighted by Gasteiger charge is 2.06. The molecule has 0 saturated carbocycles. The van der Waals surface area contributed by atoms with Gasteiger partial charge in [-0.2, -0.15) is 4.80 Å². The third-order valence-corrected chi connectivity index (χ3v) is 3.09. The van der Waals surface area contributed by atoms with Gasteiger partial charge in [-0.3, -0.25) is 15.4 Å². The van der Waals surface area contributed by atoms with Gasteiger partial charge in [0.2, 0.25) is 5.91 Å². The third-order valence-electron chi connectivity index (χ3n) is 2.88. The highest BCUT2D eigenvalue weighted by atomic mass is 32.1. The zero-order chi connectivity index (χ0) is 17.4. The smallest absolute Gasteiger partial charge is 0.269 e. The average molecular weight is 346 g/mol. The lowest BCUT2D eigenvalue weighted by Gasteiger charge is -2.03. The van der Waals surface area contributed by atoms with E-state index < -0.39 is 0 Å². The van der Waals surface area contributed by atoms with Crippen molar-refractivity contribution < 1.29 is 9.53 Å². The minimum absolute atomic E-state index is 0.107. The van der Waals surface area contributed by atoms with Crippen LogP contribution in [-0.4, -0.2) is 38.3 Å². The fourth-order valence-corrected chi connectivity index (χ4v) is 1.95. The van der Waals surface area contributed by atoms with Crippen LogP contribution >= 0.6 is 12.2 Å². The minimum atomic E-state index is -0.357. The Hall–Kier alpha value is -2.81. The van der Waals surface area contributed by atoms with Crippen molar-refractivity contribution in [3.63, 3.8) is 0 Å². The van der Waals surface area contributed by atoms with E-state index in [9.17, 15) is 4.79 Å². The average Bonchev–Trinajstić information content (AvgIpc) is 3.00. The van der Waals surface area contributed by atoms with E-state index in [0.717, 1.165) is 17.7 Å². The number of nitrogens with zero attached hydrogens (tertiary/aromatic N) is 4. The number of ether oxygens (including phenoxy) is 1. The van der Waals surface area contributed by atoms with Crippen LogP contribution in [0.4, 0.5) is 5.95 Å². The number of thiocarbonyl (C=S) groups is 1. The number of rotatable bonds is 6. The highest BCUT2D eigenvalue weighted by molar-refractivity contribution is 7.80. The fraction of sp³-hybridized carbons (Fsp3) is 0.267. The van der Waals surface area contributed by atoms with E-state index >= 15 is 0 Å². The van der Waals surface area contributed by atoms with E-state index in [1.54, 1.807) is 13.2 Å². The molecule has 1 amide bonds. The summed E-state index contributed by atoms with van der Waals surface area (Å²) in [5.41, 5.74) is 0.869. The van der Waals surface area contributed by atoms with E-state index in [1.807, 2.05) is 31.2 Å². The lowest BCUT2D eigenvalue weighted by Crippen LogP contribution is -2.33. The quantitative estimate of drug-likeness (QED) is 0.606. The van der Waals surface area contributed by atoms with Crippen LogP contribution < -0.4 is 15.4 Å². The van der Waals surface area contributed by atoms with Crippen LogP contribution in [0.15, 0.2) is 30.3 Å². The number of tetrazole rings is 1. The zero-order valence-electron chi connectivity index (χ0n) is 13.4. The number of benzene rings is 1. The summed E-state index contributed by atoms with van der Waals surface area (Å²) in [5.74, 6) is 0.641. The van der Waals surface area contributed by atoms with Gasteiger partial charge in [-0.25, -0.2) is 0 Å². The molecule has 2 rings (SSSR count). The van der Waals surface area contributed by atoms with Gasteiger partial charge in [0.05, 0.1) is 13.7 Å². The molecular weight excluding hydrogens is 328 g/mol. The van der Waals surface area contributed by atoms with Gasteiger partial charge >= 0.3 is 0 Å². The molecule has 2 aromatic rings.